The molecule has 0 bridgehead atoms. The zero-order valence-corrected chi connectivity index (χ0v) is 14.5. The number of nitrogens with zero attached hydrogens (tertiary/aromatic N) is 1. The Labute approximate surface area is 128 Å². The van der Waals surface area contributed by atoms with Gasteiger partial charge in [0.2, 0.25) is 5.91 Å². The Morgan fingerprint density at radius 1 is 1.19 bits per heavy atom. The molecule has 1 amide bonds. The van der Waals surface area contributed by atoms with E-state index in [1.165, 1.54) is 6.92 Å². The minimum atomic E-state index is -3.45. The summed E-state index contributed by atoms with van der Waals surface area (Å²) in [5.74, 6) is -0.361. The smallest absolute Gasteiger partial charge is 0.245 e. The van der Waals surface area contributed by atoms with E-state index in [1.807, 2.05) is 39.0 Å². The number of hydrogen-bond acceptors (Lipinski definition) is 3. The van der Waals surface area contributed by atoms with Gasteiger partial charge in [-0.25, -0.2) is 8.42 Å². The van der Waals surface area contributed by atoms with Crippen molar-refractivity contribution >= 4 is 21.4 Å². The maximum Gasteiger partial charge on any atom is 0.245 e. The van der Waals surface area contributed by atoms with E-state index >= 15 is 0 Å². The summed E-state index contributed by atoms with van der Waals surface area (Å²) >= 11 is 0. The van der Waals surface area contributed by atoms with Crippen LogP contribution < -0.4 is 4.90 Å². The Balaban J connectivity index is 3.22. The molecular weight excluding hydrogens is 286 g/mol. The van der Waals surface area contributed by atoms with E-state index in [2.05, 4.69) is 0 Å². The molecule has 1 aromatic carbocycles. The van der Waals surface area contributed by atoms with Gasteiger partial charge in [-0.1, -0.05) is 12.1 Å². The molecule has 0 aliphatic heterocycles. The van der Waals surface area contributed by atoms with Crippen LogP contribution in [0, 0.1) is 13.8 Å². The number of sulfone groups is 1. The Bertz CT molecular complexity index is 620. The summed E-state index contributed by atoms with van der Waals surface area (Å²) in [5.41, 5.74) is 2.79. The zero-order chi connectivity index (χ0) is 16.4. The quantitative estimate of drug-likeness (QED) is 0.840. The summed E-state index contributed by atoms with van der Waals surface area (Å²) in [6.45, 7) is 10.9. The van der Waals surface area contributed by atoms with Gasteiger partial charge in [-0.2, -0.15) is 0 Å². The number of amides is 1. The van der Waals surface area contributed by atoms with Crippen LogP contribution in [-0.2, 0) is 14.6 Å². The third-order valence-corrected chi connectivity index (χ3v) is 6.24. The first-order valence-electron chi connectivity index (χ1n) is 7.24. The number of carbonyl (C=O) groups excluding carboxylic acids is 1. The topological polar surface area (TPSA) is 54.5 Å². The van der Waals surface area contributed by atoms with Crippen LogP contribution in [0.25, 0.3) is 0 Å². The number of aryl methyl sites for hydroxylation is 2. The summed E-state index contributed by atoms with van der Waals surface area (Å²) in [4.78, 5) is 14.2. The molecule has 0 heterocycles. The molecule has 118 valence electrons. The summed E-state index contributed by atoms with van der Waals surface area (Å²) in [5, 5.41) is -1.59. The van der Waals surface area contributed by atoms with Crippen LogP contribution in [0.5, 0.6) is 0 Å². The lowest BCUT2D eigenvalue weighted by molar-refractivity contribution is -0.117. The van der Waals surface area contributed by atoms with Gasteiger partial charge in [0.1, 0.15) is 5.25 Å². The number of rotatable bonds is 5. The first-order chi connectivity index (χ1) is 9.62. The van der Waals surface area contributed by atoms with Crippen LogP contribution in [0.3, 0.4) is 0 Å². The van der Waals surface area contributed by atoms with Crippen molar-refractivity contribution in [3.05, 3.63) is 29.3 Å². The maximum absolute atomic E-state index is 12.6. The molecule has 0 aliphatic carbocycles. The number of hydrogen-bond donors (Lipinski definition) is 0. The van der Waals surface area contributed by atoms with Crippen LogP contribution in [0.15, 0.2) is 18.2 Å². The van der Waals surface area contributed by atoms with E-state index in [0.29, 0.717) is 6.54 Å². The second kappa shape index (κ2) is 6.60. The molecule has 0 spiro atoms. The van der Waals surface area contributed by atoms with Crippen LogP contribution in [0.1, 0.15) is 38.8 Å². The maximum atomic E-state index is 12.6. The molecule has 0 aliphatic rings. The highest BCUT2D eigenvalue weighted by atomic mass is 32.2. The first kappa shape index (κ1) is 17.7. The Kier molecular flexibility index (Phi) is 5.56. The lowest BCUT2D eigenvalue weighted by Crippen LogP contribution is -2.44. The van der Waals surface area contributed by atoms with Gasteiger partial charge in [-0.05, 0) is 58.7 Å². The van der Waals surface area contributed by atoms with E-state index < -0.39 is 20.3 Å². The first-order valence-corrected chi connectivity index (χ1v) is 8.85. The minimum absolute atomic E-state index is 0.361. The van der Waals surface area contributed by atoms with E-state index in [-0.39, 0.29) is 5.91 Å². The average molecular weight is 311 g/mol. The molecular formula is C16H25NO3S. The van der Waals surface area contributed by atoms with Crippen molar-refractivity contribution in [1.29, 1.82) is 0 Å². The normalized spacial score (nSPS) is 13.3. The van der Waals surface area contributed by atoms with Crippen molar-refractivity contribution in [2.45, 2.75) is 52.0 Å². The number of carbonyl (C=O) groups is 1. The molecule has 21 heavy (non-hydrogen) atoms. The molecule has 0 N–H and O–H groups in total. The minimum Gasteiger partial charge on any atom is -0.311 e. The summed E-state index contributed by atoms with van der Waals surface area (Å²) < 4.78 is 24.5. The van der Waals surface area contributed by atoms with Crippen molar-refractivity contribution in [2.75, 3.05) is 11.4 Å². The Morgan fingerprint density at radius 3 is 2.24 bits per heavy atom. The lowest BCUT2D eigenvalue weighted by atomic mass is 10.1. The van der Waals surface area contributed by atoms with E-state index in [4.69, 9.17) is 0 Å². The largest absolute Gasteiger partial charge is 0.311 e. The lowest BCUT2D eigenvalue weighted by Gasteiger charge is -2.27. The average Bonchev–Trinajstić information content (AvgIpc) is 2.42. The van der Waals surface area contributed by atoms with Gasteiger partial charge >= 0.3 is 0 Å². The third-order valence-electron chi connectivity index (χ3n) is 3.74. The molecule has 0 aromatic heterocycles. The standard InChI is InChI=1S/C16H25NO3S/c1-7-17(15-10-12(4)8-9-13(15)5)16(18)14(6)21(19,20)11(2)3/h8-11,14H,7H2,1-6H3/t14-/m1/s1. The molecule has 0 unspecified atom stereocenters. The van der Waals surface area contributed by atoms with Crippen molar-refractivity contribution in [3.8, 4) is 0 Å². The van der Waals surface area contributed by atoms with Crippen molar-refractivity contribution in [2.24, 2.45) is 0 Å². The Morgan fingerprint density at radius 2 is 1.76 bits per heavy atom. The fraction of sp³-hybridized carbons (Fsp3) is 0.562. The van der Waals surface area contributed by atoms with Crippen molar-refractivity contribution in [3.63, 3.8) is 0 Å². The second-order valence-electron chi connectivity index (χ2n) is 5.65. The Hall–Kier alpha value is -1.36. The van der Waals surface area contributed by atoms with Gasteiger partial charge in [0.05, 0.1) is 5.25 Å². The summed E-state index contributed by atoms with van der Waals surface area (Å²) in [7, 11) is -3.45. The molecule has 0 fully saturated rings. The fourth-order valence-electron chi connectivity index (χ4n) is 2.22. The van der Waals surface area contributed by atoms with Crippen molar-refractivity contribution < 1.29 is 13.2 Å². The molecule has 4 nitrogen and oxygen atoms in total. The van der Waals surface area contributed by atoms with Crippen LogP contribution in [0.4, 0.5) is 5.69 Å². The van der Waals surface area contributed by atoms with Crippen LogP contribution >= 0.6 is 0 Å². The highest BCUT2D eigenvalue weighted by molar-refractivity contribution is 7.93. The van der Waals surface area contributed by atoms with E-state index in [0.717, 1.165) is 16.8 Å². The van der Waals surface area contributed by atoms with Gasteiger partial charge in [-0.15, -0.1) is 0 Å². The van der Waals surface area contributed by atoms with Gasteiger partial charge in [0.25, 0.3) is 0 Å². The van der Waals surface area contributed by atoms with Gasteiger partial charge in [0.15, 0.2) is 9.84 Å². The zero-order valence-electron chi connectivity index (χ0n) is 13.7. The highest BCUT2D eigenvalue weighted by Crippen LogP contribution is 2.24. The molecule has 1 rings (SSSR count). The number of benzene rings is 1. The highest BCUT2D eigenvalue weighted by Gasteiger charge is 2.34. The van der Waals surface area contributed by atoms with Gasteiger partial charge in [0, 0.05) is 12.2 Å². The SMILES string of the molecule is CCN(C(=O)[C@@H](C)S(=O)(=O)C(C)C)c1cc(C)ccc1C. The predicted molar refractivity (Wildman–Crippen MR) is 87.5 cm³/mol. The fourth-order valence-corrected chi connectivity index (χ4v) is 3.45. The third kappa shape index (κ3) is 3.64. The van der Waals surface area contributed by atoms with Crippen LogP contribution in [0.2, 0.25) is 0 Å². The number of anilines is 1. The van der Waals surface area contributed by atoms with Crippen molar-refractivity contribution in [1.82, 2.24) is 0 Å². The van der Waals surface area contributed by atoms with Crippen LogP contribution in [-0.4, -0.2) is 31.4 Å². The molecule has 0 saturated heterocycles. The second-order valence-corrected chi connectivity index (χ2v) is 8.48. The predicted octanol–water partition coefficient (Wildman–Crippen LogP) is 2.87. The molecule has 1 atom stereocenters. The molecule has 0 radical (unpaired) electrons. The van der Waals surface area contributed by atoms with Gasteiger partial charge < -0.3 is 4.90 Å². The van der Waals surface area contributed by atoms with E-state index in [9.17, 15) is 13.2 Å². The molecule has 1 aromatic rings. The summed E-state index contributed by atoms with van der Waals surface area (Å²) in [6.07, 6.45) is 0. The summed E-state index contributed by atoms with van der Waals surface area (Å²) in [6, 6.07) is 5.85. The molecule has 0 saturated carbocycles. The van der Waals surface area contributed by atoms with E-state index in [1.54, 1.807) is 18.7 Å². The molecule has 5 heteroatoms. The van der Waals surface area contributed by atoms with Gasteiger partial charge in [-0.3, -0.25) is 4.79 Å². The monoisotopic (exact) mass is 311 g/mol.